The van der Waals surface area contributed by atoms with Gasteiger partial charge in [-0.15, -0.1) is 11.8 Å². The number of rotatable bonds is 5. The standard InChI is InChI=1S/C13H15FO3S/c1-8(6-13(16)17-3)18-12-5-4-10(9(2)15)7-11(12)14/h4-5,7-8H,6H2,1-3H3. The maximum absolute atomic E-state index is 13.7. The average Bonchev–Trinajstić information content (AvgIpc) is 2.31. The highest BCUT2D eigenvalue weighted by molar-refractivity contribution is 8.00. The van der Waals surface area contributed by atoms with Crippen molar-refractivity contribution in [2.24, 2.45) is 0 Å². The van der Waals surface area contributed by atoms with E-state index in [-0.39, 0.29) is 23.4 Å². The second kappa shape index (κ2) is 6.54. The summed E-state index contributed by atoms with van der Waals surface area (Å²) in [6.45, 7) is 3.21. The summed E-state index contributed by atoms with van der Waals surface area (Å²) in [6.07, 6.45) is 0.217. The topological polar surface area (TPSA) is 43.4 Å². The number of ketones is 1. The molecule has 0 N–H and O–H groups in total. The summed E-state index contributed by atoms with van der Waals surface area (Å²) >= 11 is 1.25. The van der Waals surface area contributed by atoms with E-state index in [0.717, 1.165) is 0 Å². The van der Waals surface area contributed by atoms with Gasteiger partial charge in [0.25, 0.3) is 0 Å². The van der Waals surface area contributed by atoms with Crippen LogP contribution in [0.15, 0.2) is 23.1 Å². The van der Waals surface area contributed by atoms with E-state index < -0.39 is 5.82 Å². The summed E-state index contributed by atoms with van der Waals surface area (Å²) in [5, 5.41) is -0.0878. The molecule has 1 aromatic carbocycles. The maximum Gasteiger partial charge on any atom is 0.306 e. The number of ether oxygens (including phenoxy) is 1. The fourth-order valence-electron chi connectivity index (χ4n) is 1.39. The predicted molar refractivity (Wildman–Crippen MR) is 68.4 cm³/mol. The van der Waals surface area contributed by atoms with Gasteiger partial charge in [0, 0.05) is 15.7 Å². The Morgan fingerprint density at radius 2 is 2.11 bits per heavy atom. The molecule has 0 amide bonds. The lowest BCUT2D eigenvalue weighted by atomic mass is 10.1. The highest BCUT2D eigenvalue weighted by Gasteiger charge is 2.14. The molecule has 18 heavy (non-hydrogen) atoms. The Labute approximate surface area is 110 Å². The van der Waals surface area contributed by atoms with Gasteiger partial charge in [-0.2, -0.15) is 0 Å². The third-order valence-corrected chi connectivity index (χ3v) is 3.50. The monoisotopic (exact) mass is 270 g/mol. The van der Waals surface area contributed by atoms with Crippen LogP contribution in [-0.2, 0) is 9.53 Å². The zero-order chi connectivity index (χ0) is 13.7. The Balaban J connectivity index is 2.73. The molecule has 1 atom stereocenters. The molecular formula is C13H15FO3S. The molecule has 0 aliphatic carbocycles. The van der Waals surface area contributed by atoms with Crippen molar-refractivity contribution in [2.75, 3.05) is 7.11 Å². The van der Waals surface area contributed by atoms with Crippen molar-refractivity contribution in [1.82, 2.24) is 0 Å². The average molecular weight is 270 g/mol. The first-order valence-electron chi connectivity index (χ1n) is 5.48. The van der Waals surface area contributed by atoms with E-state index in [4.69, 9.17) is 0 Å². The van der Waals surface area contributed by atoms with Gasteiger partial charge < -0.3 is 4.74 Å². The van der Waals surface area contributed by atoms with E-state index in [0.29, 0.717) is 10.5 Å². The molecule has 0 saturated carbocycles. The maximum atomic E-state index is 13.7. The predicted octanol–water partition coefficient (Wildman–Crippen LogP) is 3.07. The number of hydrogen-bond acceptors (Lipinski definition) is 4. The lowest BCUT2D eigenvalue weighted by molar-refractivity contribution is -0.140. The molecule has 1 rings (SSSR count). The highest BCUT2D eigenvalue weighted by Crippen LogP contribution is 2.28. The number of carbonyl (C=O) groups excluding carboxylic acids is 2. The SMILES string of the molecule is COC(=O)CC(C)Sc1ccc(C(C)=O)cc1F. The quantitative estimate of drug-likeness (QED) is 0.468. The summed E-state index contributed by atoms with van der Waals surface area (Å²) in [6, 6.07) is 4.36. The van der Waals surface area contributed by atoms with E-state index >= 15 is 0 Å². The van der Waals surface area contributed by atoms with Gasteiger partial charge in [-0.25, -0.2) is 4.39 Å². The first-order chi connectivity index (χ1) is 8.43. The van der Waals surface area contributed by atoms with E-state index in [1.54, 1.807) is 12.1 Å². The van der Waals surface area contributed by atoms with Crippen molar-refractivity contribution in [2.45, 2.75) is 30.4 Å². The minimum atomic E-state index is -0.440. The van der Waals surface area contributed by atoms with Crippen molar-refractivity contribution < 1.29 is 18.7 Å². The summed E-state index contributed by atoms with van der Waals surface area (Å²) in [5.41, 5.74) is 0.345. The van der Waals surface area contributed by atoms with E-state index in [2.05, 4.69) is 4.74 Å². The molecule has 0 aromatic heterocycles. The normalized spacial score (nSPS) is 12.0. The molecular weight excluding hydrogens is 255 g/mol. The van der Waals surface area contributed by atoms with Crippen molar-refractivity contribution in [1.29, 1.82) is 0 Å². The number of halogens is 1. The smallest absolute Gasteiger partial charge is 0.306 e. The fraction of sp³-hybridized carbons (Fsp3) is 0.385. The van der Waals surface area contributed by atoms with Crippen LogP contribution in [0, 0.1) is 5.82 Å². The Bertz CT molecular complexity index is 460. The number of esters is 1. The van der Waals surface area contributed by atoms with Crippen LogP contribution in [0.25, 0.3) is 0 Å². The highest BCUT2D eigenvalue weighted by atomic mass is 32.2. The second-order valence-electron chi connectivity index (χ2n) is 3.91. The molecule has 3 nitrogen and oxygen atoms in total. The first-order valence-corrected chi connectivity index (χ1v) is 6.36. The van der Waals surface area contributed by atoms with Crippen molar-refractivity contribution in [3.63, 3.8) is 0 Å². The molecule has 1 unspecified atom stereocenters. The Morgan fingerprint density at radius 3 is 2.61 bits per heavy atom. The minimum Gasteiger partial charge on any atom is -0.469 e. The number of benzene rings is 1. The summed E-state index contributed by atoms with van der Waals surface area (Å²) in [5.74, 6) is -0.937. The van der Waals surface area contributed by atoms with E-state index in [1.807, 2.05) is 6.92 Å². The molecule has 0 spiro atoms. The molecule has 0 radical (unpaired) electrons. The molecule has 0 saturated heterocycles. The number of thioether (sulfide) groups is 1. The van der Waals surface area contributed by atoms with Crippen LogP contribution >= 0.6 is 11.8 Å². The van der Waals surface area contributed by atoms with Gasteiger partial charge >= 0.3 is 5.97 Å². The lowest BCUT2D eigenvalue weighted by Crippen LogP contribution is -2.08. The zero-order valence-electron chi connectivity index (χ0n) is 10.5. The summed E-state index contributed by atoms with van der Waals surface area (Å²) < 4.78 is 18.2. The fourth-order valence-corrected chi connectivity index (χ4v) is 2.36. The molecule has 98 valence electrons. The second-order valence-corrected chi connectivity index (χ2v) is 5.39. The minimum absolute atomic E-state index is 0.0878. The molecule has 0 bridgehead atoms. The largest absolute Gasteiger partial charge is 0.469 e. The van der Waals surface area contributed by atoms with Gasteiger partial charge in [-0.1, -0.05) is 13.0 Å². The van der Waals surface area contributed by atoms with Crippen LogP contribution in [0.1, 0.15) is 30.6 Å². The Hall–Kier alpha value is -1.36. The Morgan fingerprint density at radius 1 is 1.44 bits per heavy atom. The van der Waals surface area contributed by atoms with Crippen LogP contribution in [-0.4, -0.2) is 24.1 Å². The van der Waals surface area contributed by atoms with Crippen molar-refractivity contribution in [3.05, 3.63) is 29.6 Å². The van der Waals surface area contributed by atoms with Crippen LogP contribution in [0.3, 0.4) is 0 Å². The molecule has 0 aliphatic heterocycles. The number of carbonyl (C=O) groups is 2. The summed E-state index contributed by atoms with van der Waals surface area (Å²) in [4.78, 5) is 22.6. The van der Waals surface area contributed by atoms with Crippen molar-refractivity contribution >= 4 is 23.5 Å². The van der Waals surface area contributed by atoms with E-state index in [1.165, 1.54) is 31.9 Å². The van der Waals surface area contributed by atoms with Gasteiger partial charge in [-0.05, 0) is 19.1 Å². The number of methoxy groups -OCH3 is 1. The molecule has 1 aromatic rings. The van der Waals surface area contributed by atoms with Crippen LogP contribution in [0.4, 0.5) is 4.39 Å². The van der Waals surface area contributed by atoms with Gasteiger partial charge in [0.2, 0.25) is 0 Å². The third kappa shape index (κ3) is 4.14. The third-order valence-electron chi connectivity index (χ3n) is 2.35. The van der Waals surface area contributed by atoms with E-state index in [9.17, 15) is 14.0 Å². The molecule has 0 aliphatic rings. The zero-order valence-corrected chi connectivity index (χ0v) is 11.3. The number of hydrogen-bond donors (Lipinski definition) is 0. The molecule has 5 heteroatoms. The molecule has 0 heterocycles. The van der Waals surface area contributed by atoms with Gasteiger partial charge in [0.15, 0.2) is 5.78 Å². The summed E-state index contributed by atoms with van der Waals surface area (Å²) in [7, 11) is 1.32. The van der Waals surface area contributed by atoms with Gasteiger partial charge in [-0.3, -0.25) is 9.59 Å². The lowest BCUT2D eigenvalue weighted by Gasteiger charge is -2.10. The van der Waals surface area contributed by atoms with Gasteiger partial charge in [0.1, 0.15) is 5.82 Å². The van der Waals surface area contributed by atoms with Crippen LogP contribution < -0.4 is 0 Å². The Kier molecular flexibility index (Phi) is 5.34. The van der Waals surface area contributed by atoms with Gasteiger partial charge in [0.05, 0.1) is 13.5 Å². The van der Waals surface area contributed by atoms with Crippen LogP contribution in [0.5, 0.6) is 0 Å². The molecule has 0 fully saturated rings. The first kappa shape index (κ1) is 14.7. The van der Waals surface area contributed by atoms with Crippen molar-refractivity contribution in [3.8, 4) is 0 Å². The van der Waals surface area contributed by atoms with Crippen LogP contribution in [0.2, 0.25) is 0 Å². The number of Topliss-reactive ketones (excluding diaryl/α,β-unsaturated/α-hetero) is 1.